The lowest BCUT2D eigenvalue weighted by molar-refractivity contribution is 0.148. The molecule has 0 saturated carbocycles. The highest BCUT2D eigenvalue weighted by molar-refractivity contribution is 4.75. The Labute approximate surface area is 102 Å². The normalized spacial score (nSPS) is 12.4. The first kappa shape index (κ1) is 15.9. The highest BCUT2D eigenvalue weighted by atomic mass is 16.5. The van der Waals surface area contributed by atoms with Gasteiger partial charge in [0.15, 0.2) is 0 Å². The van der Waals surface area contributed by atoms with Crippen LogP contribution in [0.3, 0.4) is 0 Å². The average molecular weight is 229 g/mol. The second-order valence-electron chi connectivity index (χ2n) is 5.56. The van der Waals surface area contributed by atoms with Gasteiger partial charge in [-0.1, -0.05) is 40.5 Å². The molecule has 0 bridgehead atoms. The molecule has 0 aliphatic carbocycles. The molecule has 0 aliphatic rings. The molecule has 0 atom stereocenters. The summed E-state index contributed by atoms with van der Waals surface area (Å²) in [5, 5.41) is 3.72. The topological polar surface area (TPSA) is 21.3 Å². The van der Waals surface area contributed by atoms with E-state index >= 15 is 0 Å². The van der Waals surface area contributed by atoms with Crippen LogP contribution in [-0.2, 0) is 4.74 Å². The van der Waals surface area contributed by atoms with Crippen LogP contribution in [0, 0.1) is 5.41 Å². The minimum absolute atomic E-state index is 0.343. The summed E-state index contributed by atoms with van der Waals surface area (Å²) in [6.45, 7) is 11.1. The van der Waals surface area contributed by atoms with Gasteiger partial charge in [-0.25, -0.2) is 0 Å². The smallest absolute Gasteiger partial charge is 0.0467 e. The van der Waals surface area contributed by atoms with Gasteiger partial charge >= 0.3 is 0 Å². The molecule has 0 aromatic rings. The van der Waals surface area contributed by atoms with Gasteiger partial charge in [0.1, 0.15) is 0 Å². The van der Waals surface area contributed by atoms with Crippen LogP contribution in [0.1, 0.15) is 59.8 Å². The van der Waals surface area contributed by atoms with E-state index in [2.05, 4.69) is 33.0 Å². The Morgan fingerprint density at radius 1 is 1.12 bits per heavy atom. The largest absolute Gasteiger partial charge is 0.385 e. The second-order valence-corrected chi connectivity index (χ2v) is 5.56. The minimum atomic E-state index is 0.343. The van der Waals surface area contributed by atoms with E-state index in [1.165, 1.54) is 25.7 Å². The Kier molecular flexibility index (Phi) is 8.96. The van der Waals surface area contributed by atoms with Gasteiger partial charge < -0.3 is 10.1 Å². The average Bonchev–Trinajstić information content (AvgIpc) is 2.24. The first-order valence-electron chi connectivity index (χ1n) is 6.78. The summed E-state index contributed by atoms with van der Waals surface area (Å²) in [4.78, 5) is 0. The Morgan fingerprint density at radius 2 is 1.69 bits per heavy atom. The number of nitrogens with one attached hydrogen (secondary N) is 1. The van der Waals surface area contributed by atoms with Crippen molar-refractivity contribution in [3.63, 3.8) is 0 Å². The molecule has 0 aromatic carbocycles. The fourth-order valence-corrected chi connectivity index (χ4v) is 1.93. The van der Waals surface area contributed by atoms with E-state index in [-0.39, 0.29) is 0 Å². The third-order valence-corrected chi connectivity index (χ3v) is 3.13. The summed E-state index contributed by atoms with van der Waals surface area (Å²) in [5.41, 5.74) is 0.343. The molecule has 1 N–H and O–H groups in total. The van der Waals surface area contributed by atoms with Crippen molar-refractivity contribution in [2.75, 3.05) is 20.3 Å². The second kappa shape index (κ2) is 9.00. The van der Waals surface area contributed by atoms with Crippen molar-refractivity contribution in [1.29, 1.82) is 0 Å². The third kappa shape index (κ3) is 8.12. The van der Waals surface area contributed by atoms with E-state index in [0.717, 1.165) is 19.6 Å². The molecule has 0 saturated heterocycles. The maximum Gasteiger partial charge on any atom is 0.0467 e. The Balaban J connectivity index is 3.87. The monoisotopic (exact) mass is 229 g/mol. The maximum atomic E-state index is 5.15. The number of methoxy groups -OCH3 is 1. The van der Waals surface area contributed by atoms with Crippen LogP contribution in [0.5, 0.6) is 0 Å². The zero-order valence-electron chi connectivity index (χ0n) is 11.9. The number of ether oxygens (including phenoxy) is 1. The summed E-state index contributed by atoms with van der Waals surface area (Å²) in [7, 11) is 1.78. The van der Waals surface area contributed by atoms with Crippen molar-refractivity contribution in [3.05, 3.63) is 0 Å². The fraction of sp³-hybridized carbons (Fsp3) is 1.00. The molecule has 0 radical (unpaired) electrons. The van der Waals surface area contributed by atoms with Crippen molar-refractivity contribution in [1.82, 2.24) is 5.32 Å². The van der Waals surface area contributed by atoms with Gasteiger partial charge in [0.25, 0.3) is 0 Å². The quantitative estimate of drug-likeness (QED) is 0.618. The predicted molar refractivity (Wildman–Crippen MR) is 71.9 cm³/mol. The molecule has 0 amide bonds. The molecule has 0 unspecified atom stereocenters. The van der Waals surface area contributed by atoms with Gasteiger partial charge in [-0.15, -0.1) is 0 Å². The summed E-state index contributed by atoms with van der Waals surface area (Å²) < 4.78 is 5.15. The van der Waals surface area contributed by atoms with Gasteiger partial charge in [0.05, 0.1) is 0 Å². The van der Waals surface area contributed by atoms with Crippen molar-refractivity contribution >= 4 is 0 Å². The minimum Gasteiger partial charge on any atom is -0.385 e. The van der Waals surface area contributed by atoms with E-state index in [0.29, 0.717) is 11.5 Å². The first-order chi connectivity index (χ1) is 7.55. The lowest BCUT2D eigenvalue weighted by Crippen LogP contribution is -2.37. The zero-order valence-corrected chi connectivity index (χ0v) is 11.9. The van der Waals surface area contributed by atoms with Crippen molar-refractivity contribution in [3.8, 4) is 0 Å². The van der Waals surface area contributed by atoms with E-state index in [4.69, 9.17) is 4.74 Å². The van der Waals surface area contributed by atoms with Crippen LogP contribution in [0.25, 0.3) is 0 Å². The maximum absolute atomic E-state index is 5.15. The third-order valence-electron chi connectivity index (χ3n) is 3.13. The van der Waals surface area contributed by atoms with Crippen LogP contribution < -0.4 is 5.32 Å². The number of hydrogen-bond donors (Lipinski definition) is 1. The van der Waals surface area contributed by atoms with Crippen molar-refractivity contribution < 1.29 is 4.74 Å². The molecule has 0 aliphatic heterocycles. The van der Waals surface area contributed by atoms with E-state index < -0.39 is 0 Å². The number of hydrogen-bond acceptors (Lipinski definition) is 2. The highest BCUT2D eigenvalue weighted by Gasteiger charge is 2.18. The molecule has 0 heterocycles. The summed E-state index contributed by atoms with van der Waals surface area (Å²) >= 11 is 0. The number of rotatable bonds is 10. The molecule has 2 nitrogen and oxygen atoms in total. The Morgan fingerprint density at radius 3 is 2.12 bits per heavy atom. The van der Waals surface area contributed by atoms with Gasteiger partial charge in [-0.2, -0.15) is 0 Å². The lowest BCUT2D eigenvalue weighted by atomic mass is 9.89. The SMILES string of the molecule is CCCC(CCC)NCC(C)(C)CCOC. The lowest BCUT2D eigenvalue weighted by Gasteiger charge is -2.28. The molecule has 0 rings (SSSR count). The molecule has 16 heavy (non-hydrogen) atoms. The van der Waals surface area contributed by atoms with E-state index in [9.17, 15) is 0 Å². The van der Waals surface area contributed by atoms with Crippen molar-refractivity contribution in [2.24, 2.45) is 5.41 Å². The predicted octanol–water partition coefficient (Wildman–Crippen LogP) is 3.61. The Hall–Kier alpha value is -0.0800. The Bertz CT molecular complexity index is 151. The molecule has 0 fully saturated rings. The molecule has 0 spiro atoms. The molecule has 98 valence electrons. The van der Waals surface area contributed by atoms with Crippen LogP contribution in [-0.4, -0.2) is 26.3 Å². The molecule has 2 heteroatoms. The summed E-state index contributed by atoms with van der Waals surface area (Å²) in [6, 6.07) is 0.705. The van der Waals surface area contributed by atoms with Crippen LogP contribution in [0.4, 0.5) is 0 Å². The van der Waals surface area contributed by atoms with Crippen molar-refractivity contribution in [2.45, 2.75) is 65.8 Å². The highest BCUT2D eigenvalue weighted by Crippen LogP contribution is 2.19. The van der Waals surface area contributed by atoms with Gasteiger partial charge in [-0.3, -0.25) is 0 Å². The zero-order chi connectivity index (χ0) is 12.4. The molecular formula is C14H31NO. The van der Waals surface area contributed by atoms with E-state index in [1.54, 1.807) is 7.11 Å². The van der Waals surface area contributed by atoms with Crippen LogP contribution in [0.15, 0.2) is 0 Å². The van der Waals surface area contributed by atoms with Crippen LogP contribution >= 0.6 is 0 Å². The van der Waals surface area contributed by atoms with Gasteiger partial charge in [-0.05, 0) is 24.7 Å². The molecule has 0 aromatic heterocycles. The van der Waals surface area contributed by atoms with Gasteiger partial charge in [0, 0.05) is 26.3 Å². The molecular weight excluding hydrogens is 198 g/mol. The first-order valence-corrected chi connectivity index (χ1v) is 6.78. The summed E-state index contributed by atoms with van der Waals surface area (Å²) in [6.07, 6.45) is 6.27. The van der Waals surface area contributed by atoms with Gasteiger partial charge in [0.2, 0.25) is 0 Å². The van der Waals surface area contributed by atoms with E-state index in [1.807, 2.05) is 0 Å². The summed E-state index contributed by atoms with van der Waals surface area (Å²) in [5.74, 6) is 0. The standard InChI is InChI=1S/C14H31NO/c1-6-8-13(9-7-2)15-12-14(3,4)10-11-16-5/h13,15H,6-12H2,1-5H3. The fourth-order valence-electron chi connectivity index (χ4n) is 1.93. The van der Waals surface area contributed by atoms with Crippen LogP contribution in [0.2, 0.25) is 0 Å².